The van der Waals surface area contributed by atoms with Gasteiger partial charge in [-0.2, -0.15) is 0 Å². The van der Waals surface area contributed by atoms with Crippen LogP contribution in [0, 0.1) is 0 Å². The second kappa shape index (κ2) is 8.01. The van der Waals surface area contributed by atoms with Crippen LogP contribution in [0.15, 0.2) is 30.3 Å². The molecule has 0 heterocycles. The first kappa shape index (κ1) is 18.6. The Morgan fingerprint density at radius 2 is 1.65 bits per heavy atom. The van der Waals surface area contributed by atoms with E-state index in [0.717, 1.165) is 0 Å². The van der Waals surface area contributed by atoms with E-state index in [9.17, 15) is 19.5 Å². The number of hydrogen-bond acceptors (Lipinski definition) is 5. The zero-order valence-electron chi connectivity index (χ0n) is 11.8. The number of benzene rings is 1. The summed E-state index contributed by atoms with van der Waals surface area (Å²) in [4.78, 5) is 32.8. The van der Waals surface area contributed by atoms with E-state index in [0.29, 0.717) is 0 Å². The predicted molar refractivity (Wildman–Crippen MR) is 62.6 cm³/mol. The molecule has 0 aliphatic heterocycles. The minimum Gasteiger partial charge on any atom is -1.00 e. The van der Waals surface area contributed by atoms with Crippen LogP contribution in [0.1, 0.15) is 14.3 Å². The molecule has 7 nitrogen and oxygen atoms in total. The monoisotopic (exact) mass is 292 g/mol. The van der Waals surface area contributed by atoms with Crippen molar-refractivity contribution in [3.05, 3.63) is 30.3 Å². The molecule has 0 fully saturated rings. The quantitative estimate of drug-likeness (QED) is 0.298. The van der Waals surface area contributed by atoms with Crippen LogP contribution in [0.25, 0.3) is 0 Å². The van der Waals surface area contributed by atoms with Crippen molar-refractivity contribution in [3.63, 3.8) is 0 Å². The fourth-order valence-electron chi connectivity index (χ4n) is 1.36. The van der Waals surface area contributed by atoms with Gasteiger partial charge >= 0.3 is 47.5 Å². The SMILES string of the molecule is O=C(O)CC(O)(CC(=O)Oc1ccccc1)C(=O)O.[H-].[Na+]. The third-order valence-corrected chi connectivity index (χ3v) is 2.25. The maximum atomic E-state index is 11.5. The van der Waals surface area contributed by atoms with E-state index >= 15 is 0 Å². The van der Waals surface area contributed by atoms with Crippen molar-refractivity contribution in [2.45, 2.75) is 18.4 Å². The Hall–Kier alpha value is -1.41. The van der Waals surface area contributed by atoms with Crippen LogP contribution in [-0.4, -0.2) is 38.8 Å². The molecule has 104 valence electrons. The van der Waals surface area contributed by atoms with Gasteiger partial charge in [0.05, 0.1) is 12.8 Å². The average Bonchev–Trinajstić information content (AvgIpc) is 2.28. The number of carbonyl (C=O) groups excluding carboxylic acids is 1. The molecule has 0 saturated carbocycles. The van der Waals surface area contributed by atoms with Gasteiger partial charge in [-0.3, -0.25) is 9.59 Å². The van der Waals surface area contributed by atoms with Crippen LogP contribution in [0.3, 0.4) is 0 Å². The molecule has 8 heteroatoms. The Morgan fingerprint density at radius 1 is 1.10 bits per heavy atom. The molecule has 0 aliphatic rings. The minimum absolute atomic E-state index is 0. The number of ether oxygens (including phenoxy) is 1. The van der Waals surface area contributed by atoms with Gasteiger partial charge in [-0.1, -0.05) is 18.2 Å². The van der Waals surface area contributed by atoms with Gasteiger partial charge in [0.2, 0.25) is 0 Å². The second-order valence-corrected chi connectivity index (χ2v) is 3.87. The summed E-state index contributed by atoms with van der Waals surface area (Å²) in [5.41, 5.74) is -2.68. The Morgan fingerprint density at radius 3 is 2.10 bits per heavy atom. The first-order chi connectivity index (χ1) is 8.83. The summed E-state index contributed by atoms with van der Waals surface area (Å²) in [5, 5.41) is 26.9. The van der Waals surface area contributed by atoms with Crippen LogP contribution in [0.5, 0.6) is 5.75 Å². The first-order valence-corrected chi connectivity index (χ1v) is 5.27. The van der Waals surface area contributed by atoms with Crippen molar-refractivity contribution in [1.29, 1.82) is 0 Å². The van der Waals surface area contributed by atoms with E-state index in [-0.39, 0.29) is 36.7 Å². The molecule has 0 radical (unpaired) electrons. The molecule has 0 spiro atoms. The van der Waals surface area contributed by atoms with E-state index in [1.807, 2.05) is 0 Å². The van der Waals surface area contributed by atoms with Gasteiger partial charge < -0.3 is 21.5 Å². The summed E-state index contributed by atoms with van der Waals surface area (Å²) in [5.74, 6) is -4.18. The topological polar surface area (TPSA) is 121 Å². The van der Waals surface area contributed by atoms with Gasteiger partial charge in [-0.05, 0) is 12.1 Å². The zero-order valence-corrected chi connectivity index (χ0v) is 12.8. The number of esters is 1. The number of carboxylic acid groups (broad SMARTS) is 2. The van der Waals surface area contributed by atoms with Crippen molar-refractivity contribution in [2.24, 2.45) is 0 Å². The number of aliphatic carboxylic acids is 2. The molecule has 20 heavy (non-hydrogen) atoms. The molecule has 0 aliphatic carbocycles. The molecule has 1 rings (SSSR count). The first-order valence-electron chi connectivity index (χ1n) is 5.27. The zero-order chi connectivity index (χ0) is 14.5. The third-order valence-electron chi connectivity index (χ3n) is 2.25. The van der Waals surface area contributed by atoms with Gasteiger partial charge in [0.25, 0.3) is 0 Å². The van der Waals surface area contributed by atoms with E-state index in [4.69, 9.17) is 14.9 Å². The fraction of sp³-hybridized carbons (Fsp3) is 0.250. The average molecular weight is 292 g/mol. The number of aliphatic hydroxyl groups is 1. The molecule has 1 aromatic carbocycles. The molecule has 0 bridgehead atoms. The Kier molecular flexibility index (Phi) is 7.44. The summed E-state index contributed by atoms with van der Waals surface area (Å²) >= 11 is 0. The molecule has 0 aromatic heterocycles. The molecule has 1 unspecified atom stereocenters. The molecule has 0 amide bonds. The molecular formula is C12H13NaO7. The van der Waals surface area contributed by atoms with Gasteiger partial charge in [0.1, 0.15) is 5.75 Å². The second-order valence-electron chi connectivity index (χ2n) is 3.87. The van der Waals surface area contributed by atoms with E-state index in [1.54, 1.807) is 18.2 Å². The van der Waals surface area contributed by atoms with Crippen LogP contribution in [0.4, 0.5) is 0 Å². The largest absolute Gasteiger partial charge is 1.00 e. The minimum atomic E-state index is -2.68. The van der Waals surface area contributed by atoms with Gasteiger partial charge in [-0.25, -0.2) is 4.79 Å². The maximum absolute atomic E-state index is 11.5. The molecular weight excluding hydrogens is 279 g/mol. The predicted octanol–water partition coefficient (Wildman–Crippen LogP) is -2.61. The third kappa shape index (κ3) is 5.70. The van der Waals surface area contributed by atoms with Crippen molar-refractivity contribution < 1.29 is 65.4 Å². The van der Waals surface area contributed by atoms with Crippen LogP contribution < -0.4 is 34.3 Å². The number of para-hydroxylation sites is 1. The van der Waals surface area contributed by atoms with Crippen molar-refractivity contribution in [3.8, 4) is 5.75 Å². The summed E-state index contributed by atoms with van der Waals surface area (Å²) in [6.07, 6.45) is -2.05. The van der Waals surface area contributed by atoms with Gasteiger partial charge in [0, 0.05) is 0 Å². The van der Waals surface area contributed by atoms with Crippen molar-refractivity contribution in [2.75, 3.05) is 0 Å². The Bertz CT molecular complexity index is 494. The standard InChI is InChI=1S/C12H12O7.Na.H/c13-9(14)6-12(18,11(16)17)7-10(15)19-8-4-2-1-3-5-8;;/h1-5,18H,6-7H2,(H,13,14)(H,16,17);;/q;+1;-1. The Balaban J connectivity index is 0. The van der Waals surface area contributed by atoms with Crippen LogP contribution in [-0.2, 0) is 14.4 Å². The summed E-state index contributed by atoms with van der Waals surface area (Å²) in [6.45, 7) is 0. The van der Waals surface area contributed by atoms with E-state index in [1.165, 1.54) is 12.1 Å². The number of carboxylic acids is 2. The number of rotatable bonds is 6. The maximum Gasteiger partial charge on any atom is 1.00 e. The number of hydrogen-bond donors (Lipinski definition) is 3. The Labute approximate surface area is 138 Å². The van der Waals surface area contributed by atoms with Gasteiger partial charge in [0.15, 0.2) is 5.60 Å². The van der Waals surface area contributed by atoms with Crippen LogP contribution in [0.2, 0.25) is 0 Å². The summed E-state index contributed by atoms with van der Waals surface area (Å²) in [7, 11) is 0. The van der Waals surface area contributed by atoms with Crippen molar-refractivity contribution in [1.82, 2.24) is 0 Å². The van der Waals surface area contributed by atoms with E-state index < -0.39 is 36.4 Å². The molecule has 1 atom stereocenters. The molecule has 0 saturated heterocycles. The smallest absolute Gasteiger partial charge is 1.00 e. The summed E-state index contributed by atoms with van der Waals surface area (Å²) < 4.78 is 4.79. The molecule has 1 aromatic rings. The summed E-state index contributed by atoms with van der Waals surface area (Å²) in [6, 6.07) is 7.83. The molecule has 3 N–H and O–H groups in total. The fourth-order valence-corrected chi connectivity index (χ4v) is 1.36. The normalized spacial score (nSPS) is 12.7. The van der Waals surface area contributed by atoms with Crippen molar-refractivity contribution >= 4 is 17.9 Å². The number of carbonyl (C=O) groups is 3. The van der Waals surface area contributed by atoms with E-state index in [2.05, 4.69) is 0 Å². The van der Waals surface area contributed by atoms with Crippen LogP contribution >= 0.6 is 0 Å². The van der Waals surface area contributed by atoms with Gasteiger partial charge in [-0.15, -0.1) is 0 Å².